The van der Waals surface area contributed by atoms with Crippen LogP contribution in [-0.4, -0.2) is 35.2 Å². The minimum absolute atomic E-state index is 0.124. The van der Waals surface area contributed by atoms with Gasteiger partial charge in [0.05, 0.1) is 30.0 Å². The van der Waals surface area contributed by atoms with Crippen molar-refractivity contribution in [2.24, 2.45) is 17.8 Å². The molecule has 3 unspecified atom stereocenters. The number of hydrogen-bond donors (Lipinski definition) is 1. The molecule has 0 spiro atoms. The number of carboxylic acids is 1. The Balaban J connectivity index is 2.74. The summed E-state index contributed by atoms with van der Waals surface area (Å²) in [6, 6.07) is 0. The summed E-state index contributed by atoms with van der Waals surface area (Å²) in [5.41, 5.74) is 0. The normalized spacial score (nSPS) is 25.7. The second-order valence-corrected chi connectivity index (χ2v) is 6.03. The van der Waals surface area contributed by atoms with Crippen molar-refractivity contribution in [3.63, 3.8) is 0 Å². The molecule has 1 N–H and O–H groups in total. The standard InChI is InChI=1S/C15H24O6/c1-8(2)20-14(18)10-5-6-11(12(7-10)13(16)17)15(19)21-9(3)4/h8-12H,5-7H2,1-4H3,(H,16,17). The van der Waals surface area contributed by atoms with Crippen LogP contribution in [0, 0.1) is 17.8 Å². The molecule has 21 heavy (non-hydrogen) atoms. The van der Waals surface area contributed by atoms with Crippen LogP contribution >= 0.6 is 0 Å². The average molecular weight is 300 g/mol. The van der Waals surface area contributed by atoms with Crippen molar-refractivity contribution in [2.75, 3.05) is 0 Å². The van der Waals surface area contributed by atoms with E-state index >= 15 is 0 Å². The lowest BCUT2D eigenvalue weighted by Crippen LogP contribution is -2.39. The number of esters is 2. The van der Waals surface area contributed by atoms with Crippen LogP contribution in [0.1, 0.15) is 47.0 Å². The summed E-state index contributed by atoms with van der Waals surface area (Å²) in [4.78, 5) is 35.3. The van der Waals surface area contributed by atoms with Crippen LogP contribution < -0.4 is 0 Å². The molecule has 120 valence electrons. The number of ether oxygens (including phenoxy) is 2. The van der Waals surface area contributed by atoms with Gasteiger partial charge in [-0.3, -0.25) is 14.4 Å². The monoisotopic (exact) mass is 300 g/mol. The summed E-state index contributed by atoms with van der Waals surface area (Å²) < 4.78 is 10.2. The average Bonchev–Trinajstić information content (AvgIpc) is 2.36. The quantitative estimate of drug-likeness (QED) is 0.781. The van der Waals surface area contributed by atoms with Gasteiger partial charge in [0.2, 0.25) is 0 Å². The first-order chi connectivity index (χ1) is 9.72. The number of carbonyl (C=O) groups is 3. The molecule has 0 aromatic heterocycles. The number of aliphatic carboxylic acids is 1. The predicted octanol–water partition coefficient (Wildman–Crippen LogP) is 2.01. The van der Waals surface area contributed by atoms with E-state index in [1.54, 1.807) is 27.7 Å². The highest BCUT2D eigenvalue weighted by Crippen LogP contribution is 2.36. The number of carbonyl (C=O) groups excluding carboxylic acids is 2. The van der Waals surface area contributed by atoms with E-state index in [1.165, 1.54) is 0 Å². The Morgan fingerprint density at radius 2 is 1.43 bits per heavy atom. The Morgan fingerprint density at radius 3 is 1.90 bits per heavy atom. The highest BCUT2D eigenvalue weighted by atomic mass is 16.5. The molecule has 0 aromatic carbocycles. The maximum Gasteiger partial charge on any atom is 0.310 e. The zero-order valence-corrected chi connectivity index (χ0v) is 13.0. The minimum Gasteiger partial charge on any atom is -0.481 e. The van der Waals surface area contributed by atoms with Crippen molar-refractivity contribution in [2.45, 2.75) is 59.2 Å². The van der Waals surface area contributed by atoms with Crippen molar-refractivity contribution in [3.8, 4) is 0 Å². The van der Waals surface area contributed by atoms with E-state index in [1.807, 2.05) is 0 Å². The lowest BCUT2D eigenvalue weighted by Gasteiger charge is -2.32. The lowest BCUT2D eigenvalue weighted by molar-refractivity contribution is -0.167. The Morgan fingerprint density at radius 1 is 0.905 bits per heavy atom. The third-order valence-electron chi connectivity index (χ3n) is 3.51. The largest absolute Gasteiger partial charge is 0.481 e. The van der Waals surface area contributed by atoms with Crippen LogP contribution in [0.25, 0.3) is 0 Å². The van der Waals surface area contributed by atoms with E-state index in [0.29, 0.717) is 12.8 Å². The van der Waals surface area contributed by atoms with Gasteiger partial charge in [0.1, 0.15) is 0 Å². The van der Waals surface area contributed by atoms with Crippen molar-refractivity contribution in [3.05, 3.63) is 0 Å². The van der Waals surface area contributed by atoms with Gasteiger partial charge in [-0.1, -0.05) is 0 Å². The molecule has 1 saturated carbocycles. The molecule has 1 aliphatic rings. The molecular formula is C15H24O6. The van der Waals surface area contributed by atoms with E-state index in [-0.39, 0.29) is 24.6 Å². The molecule has 0 aromatic rings. The van der Waals surface area contributed by atoms with E-state index in [2.05, 4.69) is 0 Å². The van der Waals surface area contributed by atoms with Gasteiger partial charge < -0.3 is 14.6 Å². The van der Waals surface area contributed by atoms with Crippen LogP contribution in [0.3, 0.4) is 0 Å². The third-order valence-corrected chi connectivity index (χ3v) is 3.51. The summed E-state index contributed by atoms with van der Waals surface area (Å²) >= 11 is 0. The van der Waals surface area contributed by atoms with Crippen LogP contribution in [-0.2, 0) is 23.9 Å². The highest BCUT2D eigenvalue weighted by Gasteiger charge is 2.43. The summed E-state index contributed by atoms with van der Waals surface area (Å²) in [6.45, 7) is 6.94. The lowest BCUT2D eigenvalue weighted by atomic mass is 9.74. The van der Waals surface area contributed by atoms with E-state index < -0.39 is 29.7 Å². The van der Waals surface area contributed by atoms with Gasteiger partial charge in [0.15, 0.2) is 0 Å². The first kappa shape index (κ1) is 17.5. The minimum atomic E-state index is -1.07. The van der Waals surface area contributed by atoms with Gasteiger partial charge in [0.25, 0.3) is 0 Å². The fourth-order valence-corrected chi connectivity index (χ4v) is 2.59. The zero-order valence-electron chi connectivity index (χ0n) is 13.0. The van der Waals surface area contributed by atoms with Crippen LogP contribution in [0.4, 0.5) is 0 Å². The van der Waals surface area contributed by atoms with Gasteiger partial charge in [-0.15, -0.1) is 0 Å². The molecule has 1 rings (SSSR count). The van der Waals surface area contributed by atoms with Gasteiger partial charge >= 0.3 is 17.9 Å². The molecule has 6 heteroatoms. The summed E-state index contributed by atoms with van der Waals surface area (Å²) in [7, 11) is 0. The SMILES string of the molecule is CC(C)OC(=O)C1CCC(C(=O)OC(C)C)C(C(=O)O)C1. The Hall–Kier alpha value is -1.59. The summed E-state index contributed by atoms with van der Waals surface area (Å²) in [6.07, 6.45) is 0.395. The summed E-state index contributed by atoms with van der Waals surface area (Å²) in [5.74, 6) is -3.98. The fraction of sp³-hybridized carbons (Fsp3) is 0.800. The van der Waals surface area contributed by atoms with Crippen molar-refractivity contribution < 1.29 is 29.0 Å². The Bertz CT molecular complexity index is 401. The maximum absolute atomic E-state index is 12.0. The number of carboxylic acid groups (broad SMARTS) is 1. The molecule has 0 bridgehead atoms. The maximum atomic E-state index is 12.0. The van der Waals surface area contributed by atoms with Crippen molar-refractivity contribution in [1.82, 2.24) is 0 Å². The first-order valence-electron chi connectivity index (χ1n) is 7.36. The highest BCUT2D eigenvalue weighted by molar-refractivity contribution is 5.83. The second kappa shape index (κ2) is 7.43. The molecule has 0 radical (unpaired) electrons. The topological polar surface area (TPSA) is 89.9 Å². The van der Waals surface area contributed by atoms with Crippen molar-refractivity contribution >= 4 is 17.9 Å². The molecule has 6 nitrogen and oxygen atoms in total. The first-order valence-corrected chi connectivity index (χ1v) is 7.36. The van der Waals surface area contributed by atoms with E-state index in [4.69, 9.17) is 9.47 Å². The molecular weight excluding hydrogens is 276 g/mol. The molecule has 1 fully saturated rings. The van der Waals surface area contributed by atoms with Gasteiger partial charge in [-0.25, -0.2) is 0 Å². The summed E-state index contributed by atoms with van der Waals surface area (Å²) in [5, 5.41) is 9.31. The molecule has 3 atom stereocenters. The Labute approximate surface area is 124 Å². The van der Waals surface area contributed by atoms with E-state index in [0.717, 1.165) is 0 Å². The van der Waals surface area contributed by atoms with Crippen LogP contribution in [0.15, 0.2) is 0 Å². The fourth-order valence-electron chi connectivity index (χ4n) is 2.59. The molecule has 0 aliphatic heterocycles. The zero-order chi connectivity index (χ0) is 16.2. The smallest absolute Gasteiger partial charge is 0.310 e. The molecule has 0 amide bonds. The molecule has 0 heterocycles. The van der Waals surface area contributed by atoms with Gasteiger partial charge in [-0.2, -0.15) is 0 Å². The predicted molar refractivity (Wildman–Crippen MR) is 74.4 cm³/mol. The second-order valence-electron chi connectivity index (χ2n) is 6.03. The molecule has 0 saturated heterocycles. The molecule has 1 aliphatic carbocycles. The van der Waals surface area contributed by atoms with Crippen LogP contribution in [0.2, 0.25) is 0 Å². The van der Waals surface area contributed by atoms with Gasteiger partial charge in [0, 0.05) is 0 Å². The number of rotatable bonds is 5. The van der Waals surface area contributed by atoms with E-state index in [9.17, 15) is 19.5 Å². The Kier molecular flexibility index (Phi) is 6.18. The van der Waals surface area contributed by atoms with Gasteiger partial charge in [-0.05, 0) is 47.0 Å². The van der Waals surface area contributed by atoms with Crippen molar-refractivity contribution in [1.29, 1.82) is 0 Å². The van der Waals surface area contributed by atoms with Crippen LogP contribution in [0.5, 0.6) is 0 Å². The number of hydrogen-bond acceptors (Lipinski definition) is 5. The third kappa shape index (κ3) is 5.02.